The lowest BCUT2D eigenvalue weighted by Crippen LogP contribution is -2.79. The summed E-state index contributed by atoms with van der Waals surface area (Å²) < 4.78 is 36.3. The average molecular weight is 514 g/mol. The molecule has 4 saturated carbocycles. The zero-order valence-electron chi connectivity index (χ0n) is 22.3. The first-order valence-corrected chi connectivity index (χ1v) is 13.3. The van der Waals surface area contributed by atoms with E-state index < -0.39 is 46.6 Å². The summed E-state index contributed by atoms with van der Waals surface area (Å²) in [5, 5.41) is 36.6. The van der Waals surface area contributed by atoms with E-state index in [9.17, 15) is 15.3 Å². The van der Waals surface area contributed by atoms with Gasteiger partial charge in [-0.2, -0.15) is 0 Å². The fourth-order valence-corrected chi connectivity index (χ4v) is 10.7. The van der Waals surface area contributed by atoms with Gasteiger partial charge in [0.25, 0.3) is 0 Å². The lowest BCUT2D eigenvalue weighted by Gasteiger charge is -2.71. The van der Waals surface area contributed by atoms with Crippen molar-refractivity contribution in [2.24, 2.45) is 34.5 Å². The van der Waals surface area contributed by atoms with Gasteiger partial charge in [0.05, 0.1) is 30.5 Å². The van der Waals surface area contributed by atoms with E-state index in [0.717, 1.165) is 6.54 Å². The van der Waals surface area contributed by atoms with Crippen LogP contribution in [0.15, 0.2) is 0 Å². The van der Waals surface area contributed by atoms with E-state index in [1.165, 1.54) is 0 Å². The molecule has 7 aliphatic rings. The van der Waals surface area contributed by atoms with E-state index in [4.69, 9.17) is 28.4 Å². The molecule has 1 spiro atoms. The summed E-state index contributed by atoms with van der Waals surface area (Å²) >= 11 is 0. The van der Waals surface area contributed by atoms with E-state index >= 15 is 0 Å². The molecular weight excluding hydrogens is 470 g/mol. The van der Waals surface area contributed by atoms with Gasteiger partial charge in [-0.3, -0.25) is 4.90 Å². The predicted molar refractivity (Wildman–Crippen MR) is 126 cm³/mol. The van der Waals surface area contributed by atoms with Crippen LogP contribution in [0.1, 0.15) is 26.2 Å². The third kappa shape index (κ3) is 2.67. The summed E-state index contributed by atoms with van der Waals surface area (Å²) in [5.74, 6) is -2.74. The van der Waals surface area contributed by atoms with Crippen molar-refractivity contribution >= 4 is 0 Å². The molecule has 1 unspecified atom stereocenters. The summed E-state index contributed by atoms with van der Waals surface area (Å²) in [6, 6.07) is -0.0680. The number of hydrogen-bond acceptors (Lipinski definition) is 10. The number of aliphatic hydroxyl groups excluding tert-OH is 1. The van der Waals surface area contributed by atoms with Gasteiger partial charge in [-0.15, -0.1) is 0 Å². The Kier molecular flexibility index (Phi) is 5.96. The van der Waals surface area contributed by atoms with Crippen LogP contribution < -0.4 is 0 Å². The van der Waals surface area contributed by atoms with E-state index in [-0.39, 0.29) is 48.8 Å². The first-order chi connectivity index (χ1) is 17.2. The van der Waals surface area contributed by atoms with E-state index in [0.29, 0.717) is 19.6 Å². The van der Waals surface area contributed by atoms with Crippen LogP contribution in [0.4, 0.5) is 0 Å². The van der Waals surface area contributed by atoms with Crippen LogP contribution in [-0.2, 0) is 28.4 Å². The Labute approximate surface area is 213 Å². The molecule has 0 radical (unpaired) electrons. The van der Waals surface area contributed by atoms with Crippen molar-refractivity contribution in [2.75, 3.05) is 55.2 Å². The molecule has 4 aliphatic carbocycles. The number of rotatable bonds is 7. The van der Waals surface area contributed by atoms with Gasteiger partial charge in [0.15, 0.2) is 12.1 Å². The maximum atomic E-state index is 12.9. The number of nitrogens with zero attached hydrogens (tertiary/aromatic N) is 1. The largest absolute Gasteiger partial charge is 0.392 e. The molecule has 14 atom stereocenters. The Morgan fingerprint density at radius 1 is 0.944 bits per heavy atom. The second kappa shape index (κ2) is 8.30. The number of aliphatic hydroxyl groups is 3. The molecule has 7 rings (SSSR count). The highest BCUT2D eigenvalue weighted by Crippen LogP contribution is 2.78. The highest BCUT2D eigenvalue weighted by Gasteiger charge is 2.87. The van der Waals surface area contributed by atoms with Crippen molar-refractivity contribution < 1.29 is 43.7 Å². The molecule has 10 heteroatoms. The molecule has 3 N–H and O–H groups in total. The normalized spacial score (nSPS) is 59.2. The lowest BCUT2D eigenvalue weighted by molar-refractivity contribution is -0.389. The topological polar surface area (TPSA) is 119 Å². The number of piperidine rings is 1. The van der Waals surface area contributed by atoms with Crippen LogP contribution in [0.2, 0.25) is 0 Å². The second-order valence-electron chi connectivity index (χ2n) is 12.2. The standard InChI is InChI=1S/C26H43NO9/c1-7-27-11-23(12-31-2)14(28)8-15(32-3)26-13-9-25(30)16(33-4)10-24(29,17(13)22(35-6)36-25)18(21(26)27)19(34-5)20(23)26/h13-22,28-30H,7-12H2,1-6H3/t13-,14?,15+,16+,17-,18+,19+,20-,21-,22+,23-,24-,25-,26+/m1/s1. The van der Waals surface area contributed by atoms with E-state index in [1.54, 1.807) is 35.5 Å². The molecule has 0 aromatic carbocycles. The maximum Gasteiger partial charge on any atom is 0.195 e. The van der Waals surface area contributed by atoms with Crippen LogP contribution in [-0.4, -0.2) is 124 Å². The van der Waals surface area contributed by atoms with Crippen molar-refractivity contribution in [1.29, 1.82) is 0 Å². The Morgan fingerprint density at radius 2 is 1.67 bits per heavy atom. The van der Waals surface area contributed by atoms with Crippen molar-refractivity contribution in [3.8, 4) is 0 Å². The summed E-state index contributed by atoms with van der Waals surface area (Å²) in [6.07, 6.45) is -1.91. The molecule has 9 bridgehead atoms. The average Bonchev–Trinajstić information content (AvgIpc) is 2.95. The van der Waals surface area contributed by atoms with Gasteiger partial charge in [-0.25, -0.2) is 0 Å². The van der Waals surface area contributed by atoms with E-state index in [1.807, 2.05) is 0 Å². The van der Waals surface area contributed by atoms with Gasteiger partial charge >= 0.3 is 0 Å². The van der Waals surface area contributed by atoms with Gasteiger partial charge in [-0.05, 0) is 12.5 Å². The van der Waals surface area contributed by atoms with Crippen LogP contribution >= 0.6 is 0 Å². The first-order valence-electron chi connectivity index (χ1n) is 13.3. The van der Waals surface area contributed by atoms with Gasteiger partial charge in [0.2, 0.25) is 0 Å². The third-order valence-electron chi connectivity index (χ3n) is 11.5. The van der Waals surface area contributed by atoms with Crippen molar-refractivity contribution in [3.05, 3.63) is 0 Å². The number of hydrogen-bond donors (Lipinski definition) is 3. The summed E-state index contributed by atoms with van der Waals surface area (Å²) in [5.41, 5.74) is -2.43. The predicted octanol–water partition coefficient (Wildman–Crippen LogP) is -0.172. The fraction of sp³-hybridized carbons (Fsp3) is 1.00. The quantitative estimate of drug-likeness (QED) is 0.423. The monoisotopic (exact) mass is 513 g/mol. The second-order valence-corrected chi connectivity index (χ2v) is 12.2. The van der Waals surface area contributed by atoms with Crippen molar-refractivity contribution in [2.45, 2.75) is 74.3 Å². The molecule has 206 valence electrons. The molecule has 3 aliphatic heterocycles. The Bertz CT molecular complexity index is 878. The minimum Gasteiger partial charge on any atom is -0.392 e. The molecule has 10 nitrogen and oxygen atoms in total. The molecule has 0 aromatic heterocycles. The lowest BCUT2D eigenvalue weighted by atomic mass is 9.41. The van der Waals surface area contributed by atoms with Gasteiger partial charge in [0.1, 0.15) is 6.10 Å². The number of ether oxygens (including phenoxy) is 6. The Hall–Kier alpha value is -0.400. The van der Waals surface area contributed by atoms with Crippen LogP contribution in [0.25, 0.3) is 0 Å². The van der Waals surface area contributed by atoms with E-state index in [2.05, 4.69) is 11.8 Å². The molecular formula is C26H43NO9. The van der Waals surface area contributed by atoms with Crippen LogP contribution in [0, 0.1) is 34.5 Å². The smallest absolute Gasteiger partial charge is 0.195 e. The molecule has 36 heavy (non-hydrogen) atoms. The van der Waals surface area contributed by atoms with Gasteiger partial charge in [0, 0.05) is 96.0 Å². The minimum atomic E-state index is -1.62. The molecule has 7 fully saturated rings. The molecule has 0 amide bonds. The highest BCUT2D eigenvalue weighted by atomic mass is 16.7. The third-order valence-corrected chi connectivity index (χ3v) is 11.5. The van der Waals surface area contributed by atoms with Crippen LogP contribution in [0.3, 0.4) is 0 Å². The van der Waals surface area contributed by atoms with Gasteiger partial charge in [-0.1, -0.05) is 6.92 Å². The zero-order chi connectivity index (χ0) is 25.8. The number of fused-ring (bicyclic) bond motifs is 2. The SMILES string of the molecule is CCN1C[C@@]2(COC)C(O)C[C@H](OC)[C@@]34[C@@H]5C[C@@]6(O)O[C@H](OC)[C@@H]5[C@](O)(C[C@@H]6OC)[C@@H]([C@H](OC)[C@H]23)[C@@H]14. The van der Waals surface area contributed by atoms with Crippen LogP contribution in [0.5, 0.6) is 0 Å². The number of methoxy groups -OCH3 is 5. The fourth-order valence-electron chi connectivity index (χ4n) is 10.7. The minimum absolute atomic E-state index is 0.0680. The molecule has 0 aromatic rings. The van der Waals surface area contributed by atoms with Gasteiger partial charge < -0.3 is 43.7 Å². The van der Waals surface area contributed by atoms with Crippen molar-refractivity contribution in [1.82, 2.24) is 4.90 Å². The molecule has 3 heterocycles. The van der Waals surface area contributed by atoms with Crippen molar-refractivity contribution in [3.63, 3.8) is 0 Å². The first kappa shape index (κ1) is 25.9. The number of likely N-dealkylation sites (tertiary alicyclic amines) is 1. The summed E-state index contributed by atoms with van der Waals surface area (Å²) in [4.78, 5) is 2.41. The zero-order valence-corrected chi connectivity index (χ0v) is 22.3. The summed E-state index contributed by atoms with van der Waals surface area (Å²) in [7, 11) is 8.22. The Morgan fingerprint density at radius 3 is 2.25 bits per heavy atom. The summed E-state index contributed by atoms with van der Waals surface area (Å²) in [6.45, 7) is 3.90. The highest BCUT2D eigenvalue weighted by molar-refractivity contribution is 5.35. The maximum absolute atomic E-state index is 12.9. The Balaban J connectivity index is 1.68. The molecule has 3 saturated heterocycles.